The van der Waals surface area contributed by atoms with Gasteiger partial charge in [-0.05, 0) is 49.7 Å². The zero-order valence-corrected chi connectivity index (χ0v) is 17.8. The first kappa shape index (κ1) is 23.1. The Kier molecular flexibility index (Phi) is 7.44. The van der Waals surface area contributed by atoms with E-state index in [0.29, 0.717) is 44.8 Å². The quantitative estimate of drug-likeness (QED) is 0.682. The highest BCUT2D eigenvalue weighted by Gasteiger charge is 2.33. The topological polar surface area (TPSA) is 80.5 Å². The number of piperidine rings is 1. The van der Waals surface area contributed by atoms with Crippen molar-refractivity contribution in [1.82, 2.24) is 4.90 Å². The Morgan fingerprint density at radius 2 is 1.60 bits per heavy atom. The third-order valence-electron chi connectivity index (χ3n) is 6.43. The summed E-state index contributed by atoms with van der Waals surface area (Å²) in [6.07, 6.45) is 5.27. The van der Waals surface area contributed by atoms with Crippen LogP contribution in [0, 0.1) is 23.4 Å². The monoisotopic (exact) mass is 446 g/mol. The van der Waals surface area contributed by atoms with E-state index in [4.69, 9.17) is 5.73 Å². The SMILES string of the molecule is NC(Cc1cc(F)c(F)cc1F)C1CCN(C(=O)CS(=O)(=O)C2CCCCC2)CC1. The Bertz CT molecular complexity index is 864. The van der Waals surface area contributed by atoms with E-state index in [2.05, 4.69) is 0 Å². The largest absolute Gasteiger partial charge is 0.342 e. The predicted molar refractivity (Wildman–Crippen MR) is 108 cm³/mol. The predicted octanol–water partition coefficient (Wildman–Crippen LogP) is 2.96. The molecule has 1 atom stereocenters. The lowest BCUT2D eigenvalue weighted by molar-refractivity contribution is -0.129. The van der Waals surface area contributed by atoms with E-state index in [1.54, 1.807) is 4.90 Å². The van der Waals surface area contributed by atoms with Gasteiger partial charge >= 0.3 is 0 Å². The van der Waals surface area contributed by atoms with Gasteiger partial charge in [0.1, 0.15) is 11.6 Å². The first-order valence-corrected chi connectivity index (χ1v) is 12.3. The smallest absolute Gasteiger partial charge is 0.237 e. The maximum atomic E-state index is 13.9. The van der Waals surface area contributed by atoms with Crippen molar-refractivity contribution in [1.29, 1.82) is 0 Å². The Labute approximate surface area is 175 Å². The fourth-order valence-corrected chi connectivity index (χ4v) is 6.34. The minimum absolute atomic E-state index is 0.0171. The molecule has 2 N–H and O–H groups in total. The Hall–Kier alpha value is -1.61. The Morgan fingerprint density at radius 1 is 1.00 bits per heavy atom. The number of amides is 1. The first-order chi connectivity index (χ1) is 14.2. The third-order valence-corrected chi connectivity index (χ3v) is 8.56. The fourth-order valence-electron chi connectivity index (χ4n) is 4.52. The van der Waals surface area contributed by atoms with Crippen LogP contribution in [0.5, 0.6) is 0 Å². The molecular formula is C21H29F3N2O3S. The molecule has 1 heterocycles. The number of carbonyl (C=O) groups excluding carboxylic acids is 1. The summed E-state index contributed by atoms with van der Waals surface area (Å²) in [7, 11) is -3.44. The Balaban J connectivity index is 1.51. The van der Waals surface area contributed by atoms with Gasteiger partial charge < -0.3 is 10.6 Å². The van der Waals surface area contributed by atoms with Gasteiger partial charge in [-0.15, -0.1) is 0 Å². The van der Waals surface area contributed by atoms with E-state index in [1.807, 2.05) is 0 Å². The van der Waals surface area contributed by atoms with Crippen LogP contribution in [0.3, 0.4) is 0 Å². The number of rotatable bonds is 6. The number of benzene rings is 1. The van der Waals surface area contributed by atoms with Crippen molar-refractivity contribution < 1.29 is 26.4 Å². The average Bonchev–Trinajstić information content (AvgIpc) is 2.72. The first-order valence-electron chi connectivity index (χ1n) is 10.6. The molecule has 1 unspecified atom stereocenters. The zero-order valence-electron chi connectivity index (χ0n) is 17.0. The fraction of sp³-hybridized carbons (Fsp3) is 0.667. The van der Waals surface area contributed by atoms with E-state index in [9.17, 15) is 26.4 Å². The van der Waals surface area contributed by atoms with Crippen LogP contribution in [0.25, 0.3) is 0 Å². The van der Waals surface area contributed by atoms with Crippen LogP contribution in [0.2, 0.25) is 0 Å². The summed E-state index contributed by atoms with van der Waals surface area (Å²) in [5.74, 6) is -4.02. The molecule has 1 amide bonds. The zero-order chi connectivity index (χ0) is 21.9. The van der Waals surface area contributed by atoms with Gasteiger partial charge in [-0.1, -0.05) is 19.3 Å². The number of carbonyl (C=O) groups is 1. The van der Waals surface area contributed by atoms with Gasteiger partial charge in [-0.3, -0.25) is 4.79 Å². The minimum atomic E-state index is -3.44. The van der Waals surface area contributed by atoms with Crippen molar-refractivity contribution in [2.24, 2.45) is 11.7 Å². The number of likely N-dealkylation sites (tertiary alicyclic amines) is 1. The maximum absolute atomic E-state index is 13.9. The summed E-state index contributed by atoms with van der Waals surface area (Å²) in [5, 5.41) is -0.410. The molecule has 2 fully saturated rings. The normalized spacial score (nSPS) is 20.3. The number of nitrogens with zero attached hydrogens (tertiary/aromatic N) is 1. The standard InChI is InChI=1S/C21H29F3N2O3S/c22-17-12-19(24)18(23)10-15(17)11-20(25)14-6-8-26(9-7-14)21(27)13-30(28,29)16-4-2-1-3-5-16/h10,12,14,16,20H,1-9,11,13,25H2. The highest BCUT2D eigenvalue weighted by Crippen LogP contribution is 2.26. The second-order valence-electron chi connectivity index (χ2n) is 8.51. The van der Waals surface area contributed by atoms with E-state index in [1.165, 1.54) is 0 Å². The van der Waals surface area contributed by atoms with Crippen LogP contribution in [0.15, 0.2) is 12.1 Å². The molecule has 0 radical (unpaired) electrons. The number of hydrogen-bond acceptors (Lipinski definition) is 4. The van der Waals surface area contributed by atoms with Crippen molar-refractivity contribution in [2.75, 3.05) is 18.8 Å². The summed E-state index contributed by atoms with van der Waals surface area (Å²) >= 11 is 0. The summed E-state index contributed by atoms with van der Waals surface area (Å²) < 4.78 is 65.4. The maximum Gasteiger partial charge on any atom is 0.237 e. The Morgan fingerprint density at radius 3 is 2.23 bits per heavy atom. The van der Waals surface area contributed by atoms with Crippen molar-refractivity contribution in [3.05, 3.63) is 35.1 Å². The van der Waals surface area contributed by atoms with Gasteiger partial charge in [0.2, 0.25) is 5.91 Å². The molecule has 1 aliphatic heterocycles. The van der Waals surface area contributed by atoms with Gasteiger partial charge in [0.05, 0.1) is 5.25 Å². The highest BCUT2D eigenvalue weighted by molar-refractivity contribution is 7.92. The van der Waals surface area contributed by atoms with Crippen LogP contribution in [0.4, 0.5) is 13.2 Å². The van der Waals surface area contributed by atoms with Gasteiger partial charge in [-0.25, -0.2) is 21.6 Å². The van der Waals surface area contributed by atoms with Crippen molar-refractivity contribution in [3.8, 4) is 0 Å². The lowest BCUT2D eigenvalue weighted by atomic mass is 9.86. The molecule has 1 aromatic carbocycles. The molecular weight excluding hydrogens is 417 g/mol. The molecule has 1 saturated heterocycles. The molecule has 168 valence electrons. The molecule has 3 rings (SSSR count). The second-order valence-corrected chi connectivity index (χ2v) is 10.8. The van der Waals surface area contributed by atoms with E-state index < -0.39 is 44.3 Å². The summed E-state index contributed by atoms with van der Waals surface area (Å²) in [6, 6.07) is 0.887. The molecule has 5 nitrogen and oxygen atoms in total. The van der Waals surface area contributed by atoms with Crippen LogP contribution >= 0.6 is 0 Å². The van der Waals surface area contributed by atoms with E-state index in [0.717, 1.165) is 25.3 Å². The van der Waals surface area contributed by atoms with Crippen molar-refractivity contribution in [2.45, 2.75) is 62.7 Å². The molecule has 1 aliphatic carbocycles. The van der Waals surface area contributed by atoms with E-state index >= 15 is 0 Å². The third kappa shape index (κ3) is 5.55. The average molecular weight is 447 g/mol. The van der Waals surface area contributed by atoms with E-state index in [-0.39, 0.29) is 23.8 Å². The molecule has 9 heteroatoms. The van der Waals surface area contributed by atoms with Crippen LogP contribution in [-0.4, -0.2) is 49.4 Å². The molecule has 0 aromatic heterocycles. The van der Waals surface area contributed by atoms with Crippen molar-refractivity contribution >= 4 is 15.7 Å². The van der Waals surface area contributed by atoms with Gasteiger partial charge in [0.25, 0.3) is 0 Å². The van der Waals surface area contributed by atoms with Gasteiger partial charge in [0, 0.05) is 25.2 Å². The van der Waals surface area contributed by atoms with Crippen molar-refractivity contribution in [3.63, 3.8) is 0 Å². The second kappa shape index (κ2) is 9.68. The molecule has 0 spiro atoms. The molecule has 0 bridgehead atoms. The molecule has 2 aliphatic rings. The van der Waals surface area contributed by atoms with Gasteiger partial charge in [-0.2, -0.15) is 0 Å². The summed E-state index contributed by atoms with van der Waals surface area (Å²) in [6.45, 7) is 0.773. The molecule has 30 heavy (non-hydrogen) atoms. The highest BCUT2D eigenvalue weighted by atomic mass is 32.2. The number of halogens is 3. The van der Waals surface area contributed by atoms with Gasteiger partial charge in [0.15, 0.2) is 21.5 Å². The van der Waals surface area contributed by atoms with Crippen LogP contribution < -0.4 is 5.73 Å². The lowest BCUT2D eigenvalue weighted by Gasteiger charge is -2.35. The summed E-state index contributed by atoms with van der Waals surface area (Å²) in [5.41, 5.74) is 6.20. The molecule has 1 saturated carbocycles. The summed E-state index contributed by atoms with van der Waals surface area (Å²) in [4.78, 5) is 14.1. The minimum Gasteiger partial charge on any atom is -0.342 e. The van der Waals surface area contributed by atoms with Crippen LogP contribution in [-0.2, 0) is 21.1 Å². The number of sulfone groups is 1. The lowest BCUT2D eigenvalue weighted by Crippen LogP contribution is -2.46. The molecule has 1 aromatic rings. The number of hydrogen-bond donors (Lipinski definition) is 1. The number of nitrogens with two attached hydrogens (primary N) is 1. The van der Waals surface area contributed by atoms with Crippen LogP contribution in [0.1, 0.15) is 50.5 Å².